The molecule has 0 spiro atoms. The molecular formula is C11H14OS. The molecule has 1 aliphatic rings. The predicted octanol–water partition coefficient (Wildman–Crippen LogP) is 3.37. The van der Waals surface area contributed by atoms with Crippen molar-refractivity contribution in [2.75, 3.05) is 0 Å². The Labute approximate surface area is 82.8 Å². The topological polar surface area (TPSA) is 17.1 Å². The third-order valence-corrected chi connectivity index (χ3v) is 3.69. The minimum absolute atomic E-state index is 0.301. The number of hydrogen-bond acceptors (Lipinski definition) is 2. The number of hydrogen-bond donors (Lipinski definition) is 0. The second-order valence-corrected chi connectivity index (χ2v) is 4.67. The number of rotatable bonds is 2. The molecule has 1 heterocycles. The third-order valence-electron chi connectivity index (χ3n) is 3.00. The molecular weight excluding hydrogens is 180 g/mol. The summed E-state index contributed by atoms with van der Waals surface area (Å²) in [5.41, 5.74) is 0.920. The lowest BCUT2D eigenvalue weighted by atomic mass is 9.91. The van der Waals surface area contributed by atoms with E-state index in [-0.39, 0.29) is 0 Å². The van der Waals surface area contributed by atoms with Crippen LogP contribution in [-0.2, 0) is 0 Å². The molecule has 0 bridgehead atoms. The minimum Gasteiger partial charge on any atom is -0.294 e. The zero-order chi connectivity index (χ0) is 9.26. The number of ketones is 1. The molecule has 70 valence electrons. The van der Waals surface area contributed by atoms with Gasteiger partial charge in [0.15, 0.2) is 5.78 Å². The molecule has 2 rings (SSSR count). The van der Waals surface area contributed by atoms with E-state index in [0.717, 1.165) is 12.0 Å². The summed E-state index contributed by atoms with van der Waals surface area (Å²) in [5, 5.41) is 3.94. The van der Waals surface area contributed by atoms with Gasteiger partial charge in [0.2, 0.25) is 0 Å². The molecule has 2 atom stereocenters. The van der Waals surface area contributed by atoms with Crippen molar-refractivity contribution in [1.82, 2.24) is 0 Å². The monoisotopic (exact) mass is 194 g/mol. The molecule has 1 fully saturated rings. The first-order valence-corrected chi connectivity index (χ1v) is 5.79. The largest absolute Gasteiger partial charge is 0.294 e. The number of thiophene rings is 1. The number of carbonyl (C=O) groups is 1. The van der Waals surface area contributed by atoms with Crippen LogP contribution in [-0.4, -0.2) is 5.78 Å². The van der Waals surface area contributed by atoms with Gasteiger partial charge in [-0.1, -0.05) is 13.3 Å². The number of carbonyl (C=O) groups excluding carboxylic acids is 1. The van der Waals surface area contributed by atoms with Gasteiger partial charge < -0.3 is 0 Å². The lowest BCUT2D eigenvalue weighted by Crippen LogP contribution is -2.16. The summed E-state index contributed by atoms with van der Waals surface area (Å²) in [6, 6.07) is 1.94. The molecule has 2 unspecified atom stereocenters. The van der Waals surface area contributed by atoms with Gasteiger partial charge in [-0.15, -0.1) is 0 Å². The maximum atomic E-state index is 11.9. The zero-order valence-corrected chi connectivity index (χ0v) is 8.64. The van der Waals surface area contributed by atoms with Gasteiger partial charge in [-0.05, 0) is 30.2 Å². The Hall–Kier alpha value is -0.630. The highest BCUT2D eigenvalue weighted by Gasteiger charge is 2.30. The molecule has 0 radical (unpaired) electrons. The van der Waals surface area contributed by atoms with Crippen LogP contribution in [0.15, 0.2) is 16.8 Å². The maximum absolute atomic E-state index is 11.9. The first-order chi connectivity index (χ1) is 6.29. The Morgan fingerprint density at radius 1 is 1.54 bits per heavy atom. The fourth-order valence-corrected chi connectivity index (χ4v) is 2.80. The first kappa shape index (κ1) is 8.95. The van der Waals surface area contributed by atoms with Crippen LogP contribution in [0.3, 0.4) is 0 Å². The van der Waals surface area contributed by atoms with Gasteiger partial charge in [-0.2, -0.15) is 11.3 Å². The van der Waals surface area contributed by atoms with E-state index < -0.39 is 0 Å². The van der Waals surface area contributed by atoms with Crippen molar-refractivity contribution < 1.29 is 4.79 Å². The summed E-state index contributed by atoms with van der Waals surface area (Å²) in [5.74, 6) is 1.26. The Balaban J connectivity index is 2.13. The molecule has 2 heteroatoms. The van der Waals surface area contributed by atoms with Gasteiger partial charge in [0.25, 0.3) is 0 Å². The van der Waals surface area contributed by atoms with Crippen molar-refractivity contribution in [2.24, 2.45) is 11.8 Å². The summed E-state index contributed by atoms with van der Waals surface area (Å²) < 4.78 is 0. The smallest absolute Gasteiger partial charge is 0.167 e. The van der Waals surface area contributed by atoms with Crippen LogP contribution >= 0.6 is 11.3 Å². The van der Waals surface area contributed by atoms with Crippen molar-refractivity contribution in [2.45, 2.75) is 26.2 Å². The lowest BCUT2D eigenvalue weighted by Gasteiger charge is -2.12. The predicted molar refractivity (Wildman–Crippen MR) is 55.2 cm³/mol. The van der Waals surface area contributed by atoms with Crippen molar-refractivity contribution in [3.8, 4) is 0 Å². The van der Waals surface area contributed by atoms with Crippen molar-refractivity contribution in [3.05, 3.63) is 22.4 Å². The summed E-state index contributed by atoms with van der Waals surface area (Å²) in [7, 11) is 0. The lowest BCUT2D eigenvalue weighted by molar-refractivity contribution is 0.0897. The Kier molecular flexibility index (Phi) is 2.49. The molecule has 1 nitrogen and oxygen atoms in total. The van der Waals surface area contributed by atoms with E-state index in [4.69, 9.17) is 0 Å². The standard InChI is InChI=1S/C11H14OS/c1-8-3-2-4-10(8)11(12)9-5-6-13-7-9/h5-8,10H,2-4H2,1H3. The molecule has 0 N–H and O–H groups in total. The van der Waals surface area contributed by atoms with Crippen molar-refractivity contribution in [3.63, 3.8) is 0 Å². The Morgan fingerprint density at radius 2 is 2.38 bits per heavy atom. The highest BCUT2D eigenvalue weighted by molar-refractivity contribution is 7.08. The maximum Gasteiger partial charge on any atom is 0.167 e. The van der Waals surface area contributed by atoms with E-state index in [1.807, 2.05) is 16.8 Å². The van der Waals surface area contributed by atoms with Gasteiger partial charge in [0.05, 0.1) is 0 Å². The summed E-state index contributed by atoms with van der Waals surface area (Å²) in [6.07, 6.45) is 3.54. The van der Waals surface area contributed by atoms with Crippen molar-refractivity contribution in [1.29, 1.82) is 0 Å². The van der Waals surface area contributed by atoms with E-state index >= 15 is 0 Å². The minimum atomic E-state index is 0.301. The van der Waals surface area contributed by atoms with Gasteiger partial charge >= 0.3 is 0 Å². The molecule has 1 aromatic rings. The van der Waals surface area contributed by atoms with Crippen LogP contribution in [0.2, 0.25) is 0 Å². The SMILES string of the molecule is CC1CCCC1C(=O)c1ccsc1. The van der Waals surface area contributed by atoms with Crippen LogP contribution in [0.25, 0.3) is 0 Å². The van der Waals surface area contributed by atoms with E-state index in [1.165, 1.54) is 12.8 Å². The Bertz CT molecular complexity index is 289. The van der Waals surface area contributed by atoms with Crippen LogP contribution in [0.4, 0.5) is 0 Å². The molecule has 0 aliphatic heterocycles. The van der Waals surface area contributed by atoms with Gasteiger partial charge in [0, 0.05) is 16.9 Å². The fraction of sp³-hybridized carbons (Fsp3) is 0.545. The highest BCUT2D eigenvalue weighted by Crippen LogP contribution is 2.33. The molecule has 0 aromatic carbocycles. The quantitative estimate of drug-likeness (QED) is 0.660. The average molecular weight is 194 g/mol. The van der Waals surface area contributed by atoms with E-state index in [1.54, 1.807) is 11.3 Å². The Morgan fingerprint density at radius 3 is 2.92 bits per heavy atom. The van der Waals surface area contributed by atoms with Crippen LogP contribution in [0.1, 0.15) is 36.5 Å². The summed E-state index contributed by atoms with van der Waals surface area (Å²) in [4.78, 5) is 11.9. The second-order valence-electron chi connectivity index (χ2n) is 3.89. The molecule has 1 aromatic heterocycles. The third kappa shape index (κ3) is 1.68. The number of Topliss-reactive ketones (excluding diaryl/α,β-unsaturated/α-hetero) is 1. The molecule has 1 saturated carbocycles. The fourth-order valence-electron chi connectivity index (χ4n) is 2.15. The van der Waals surface area contributed by atoms with Crippen LogP contribution in [0, 0.1) is 11.8 Å². The molecule has 0 saturated heterocycles. The van der Waals surface area contributed by atoms with Gasteiger partial charge in [0.1, 0.15) is 0 Å². The van der Waals surface area contributed by atoms with Gasteiger partial charge in [-0.3, -0.25) is 4.79 Å². The van der Waals surface area contributed by atoms with Crippen LogP contribution in [0.5, 0.6) is 0 Å². The van der Waals surface area contributed by atoms with Crippen LogP contribution < -0.4 is 0 Å². The second kappa shape index (κ2) is 3.62. The van der Waals surface area contributed by atoms with Crippen molar-refractivity contribution >= 4 is 17.1 Å². The summed E-state index contributed by atoms with van der Waals surface area (Å²) >= 11 is 1.61. The molecule has 0 amide bonds. The zero-order valence-electron chi connectivity index (χ0n) is 7.82. The van der Waals surface area contributed by atoms with E-state index in [2.05, 4.69) is 6.92 Å². The first-order valence-electron chi connectivity index (χ1n) is 4.85. The van der Waals surface area contributed by atoms with E-state index in [0.29, 0.717) is 17.6 Å². The molecule has 13 heavy (non-hydrogen) atoms. The summed E-state index contributed by atoms with van der Waals surface area (Å²) in [6.45, 7) is 2.20. The van der Waals surface area contributed by atoms with E-state index in [9.17, 15) is 4.79 Å². The van der Waals surface area contributed by atoms with Gasteiger partial charge in [-0.25, -0.2) is 0 Å². The molecule has 1 aliphatic carbocycles. The normalized spacial score (nSPS) is 27.8. The average Bonchev–Trinajstić information content (AvgIpc) is 2.72. The highest BCUT2D eigenvalue weighted by atomic mass is 32.1.